The lowest BCUT2D eigenvalue weighted by Crippen LogP contribution is -2.12. The maximum Gasteiger partial charge on any atom is 0.177 e. The van der Waals surface area contributed by atoms with Crippen molar-refractivity contribution in [3.63, 3.8) is 0 Å². The highest BCUT2D eigenvalue weighted by Crippen LogP contribution is 1.75. The molecular formula is C15H45BrO15. The molecule has 15 nitrogen and oxygen atoms in total. The lowest BCUT2D eigenvalue weighted by molar-refractivity contribution is -0.102. The van der Waals surface area contributed by atoms with Gasteiger partial charge in [0.05, 0.1) is 85.9 Å². The average Bonchev–Trinajstić information content (AvgIpc) is 2.84. The van der Waals surface area contributed by atoms with Gasteiger partial charge in [-0.25, -0.2) is 0 Å². The molecule has 16 heteroatoms. The summed E-state index contributed by atoms with van der Waals surface area (Å²) in [6, 6.07) is 0. The van der Waals surface area contributed by atoms with E-state index in [0.29, 0.717) is 0 Å². The normalized spacial score (nSPS) is 8.61. The smallest absolute Gasteiger partial charge is 0.177 e. The van der Waals surface area contributed by atoms with Gasteiger partial charge in [-0.1, -0.05) is 0 Å². The number of ether oxygens (including phenoxy) is 1. The van der Waals surface area contributed by atoms with Crippen molar-refractivity contribution in [2.24, 2.45) is 0 Å². The van der Waals surface area contributed by atoms with Crippen LogP contribution in [0.2, 0.25) is 0 Å². The standard InChI is InChI=1S/C3H8O3.6C2H6O2.BrH/c1-6-3(5)2-4;6*3-1-2-4;/h3-5H,2H2,1H3;6*3-4H,1-2H2;1H. The van der Waals surface area contributed by atoms with E-state index in [0.717, 1.165) is 0 Å². The van der Waals surface area contributed by atoms with Gasteiger partial charge in [0.1, 0.15) is 0 Å². The van der Waals surface area contributed by atoms with Crippen LogP contribution in [0.3, 0.4) is 0 Å². The Balaban J connectivity index is -0.0000000332. The molecule has 0 heterocycles. The Bertz CT molecular complexity index is 128. The molecule has 0 aromatic carbocycles. The van der Waals surface area contributed by atoms with Gasteiger partial charge in [-0.15, -0.1) is 17.0 Å². The second kappa shape index (κ2) is 87.5. The van der Waals surface area contributed by atoms with Crippen LogP contribution in [0.5, 0.6) is 0 Å². The minimum absolute atomic E-state index is 0. The Morgan fingerprint density at radius 2 is 0.548 bits per heavy atom. The van der Waals surface area contributed by atoms with Crippen molar-refractivity contribution >= 4 is 17.0 Å². The van der Waals surface area contributed by atoms with E-state index in [2.05, 4.69) is 4.74 Å². The van der Waals surface area contributed by atoms with Crippen molar-refractivity contribution in [3.8, 4) is 0 Å². The van der Waals surface area contributed by atoms with Crippen molar-refractivity contribution in [2.45, 2.75) is 6.29 Å². The molecule has 0 amide bonds. The van der Waals surface area contributed by atoms with Crippen molar-refractivity contribution < 1.29 is 76.2 Å². The summed E-state index contributed by atoms with van der Waals surface area (Å²) in [5.74, 6) is 0. The van der Waals surface area contributed by atoms with Crippen LogP contribution in [0.15, 0.2) is 0 Å². The number of hydrogen-bond donors (Lipinski definition) is 14. The zero-order chi connectivity index (χ0) is 25.5. The summed E-state index contributed by atoms with van der Waals surface area (Å²) >= 11 is 0. The molecule has 0 radical (unpaired) electrons. The lowest BCUT2D eigenvalue weighted by atomic mass is 10.7. The molecule has 0 bridgehead atoms. The van der Waals surface area contributed by atoms with Gasteiger partial charge >= 0.3 is 0 Å². The molecule has 0 aliphatic carbocycles. The largest absolute Gasteiger partial charge is 0.394 e. The Morgan fingerprint density at radius 3 is 0.548 bits per heavy atom. The third-order valence-electron chi connectivity index (χ3n) is 1.03. The quantitative estimate of drug-likeness (QED) is 0.126. The highest BCUT2D eigenvalue weighted by atomic mass is 79.9. The first-order chi connectivity index (χ1) is 14.3. The zero-order valence-corrected chi connectivity index (χ0v) is 19.6. The molecule has 0 aromatic rings. The topological polar surface area (TPSA) is 292 Å². The molecule has 14 N–H and O–H groups in total. The van der Waals surface area contributed by atoms with E-state index in [4.69, 9.17) is 71.5 Å². The van der Waals surface area contributed by atoms with Crippen LogP contribution in [0.1, 0.15) is 0 Å². The minimum atomic E-state index is -1.01. The first kappa shape index (κ1) is 52.7. The Kier molecular flexibility index (Phi) is 149. The van der Waals surface area contributed by atoms with Gasteiger partial charge in [-0.05, 0) is 0 Å². The maximum absolute atomic E-state index is 8.19. The molecule has 0 saturated carbocycles. The van der Waals surface area contributed by atoms with Gasteiger partial charge in [-0.2, -0.15) is 0 Å². The predicted molar refractivity (Wildman–Crippen MR) is 115 cm³/mol. The molecule has 0 rings (SSSR count). The third-order valence-corrected chi connectivity index (χ3v) is 1.03. The Morgan fingerprint density at radius 1 is 0.419 bits per heavy atom. The van der Waals surface area contributed by atoms with Crippen LogP contribution < -0.4 is 0 Å². The van der Waals surface area contributed by atoms with Crippen LogP contribution in [0, 0.1) is 0 Å². The number of aliphatic hydroxyl groups is 14. The fourth-order valence-electron chi connectivity index (χ4n) is 0.0745. The molecule has 0 aliphatic rings. The average molecular weight is 545 g/mol. The predicted octanol–water partition coefficient (Wildman–Crippen LogP) is -6.65. The number of methoxy groups -OCH3 is 1. The molecule has 0 aromatic heterocycles. The molecule has 202 valence electrons. The summed E-state index contributed by atoms with van der Waals surface area (Å²) < 4.78 is 4.20. The van der Waals surface area contributed by atoms with Crippen LogP contribution in [0.25, 0.3) is 0 Å². The Labute approximate surface area is 193 Å². The van der Waals surface area contributed by atoms with E-state index in [1.54, 1.807) is 0 Å². The first-order valence-corrected chi connectivity index (χ1v) is 8.42. The highest BCUT2D eigenvalue weighted by Gasteiger charge is 1.92. The molecule has 31 heavy (non-hydrogen) atoms. The molecule has 1 atom stereocenters. The van der Waals surface area contributed by atoms with Gasteiger partial charge in [-0.3, -0.25) is 0 Å². The van der Waals surface area contributed by atoms with Gasteiger partial charge in [0.2, 0.25) is 0 Å². The summed E-state index contributed by atoms with van der Waals surface area (Å²) in [5.41, 5.74) is 0. The Hall–Kier alpha value is -0.120. The first-order valence-electron chi connectivity index (χ1n) is 8.42. The summed E-state index contributed by atoms with van der Waals surface area (Å²) in [6.45, 7) is -1.84. The van der Waals surface area contributed by atoms with E-state index in [9.17, 15) is 0 Å². The molecular weight excluding hydrogens is 500 g/mol. The van der Waals surface area contributed by atoms with Crippen LogP contribution >= 0.6 is 17.0 Å². The van der Waals surface area contributed by atoms with Crippen molar-refractivity contribution in [1.29, 1.82) is 0 Å². The van der Waals surface area contributed by atoms with Gasteiger partial charge in [0.25, 0.3) is 0 Å². The lowest BCUT2D eigenvalue weighted by Gasteiger charge is -1.99. The molecule has 0 fully saturated rings. The van der Waals surface area contributed by atoms with Gasteiger partial charge in [0, 0.05) is 7.11 Å². The second-order valence-corrected chi connectivity index (χ2v) is 3.56. The van der Waals surface area contributed by atoms with Crippen LogP contribution in [0.4, 0.5) is 0 Å². The van der Waals surface area contributed by atoms with Crippen LogP contribution in [-0.4, -0.2) is 171 Å². The SMILES string of the molecule is Br.COC(O)CO.OCCO.OCCO.OCCO.OCCO.OCCO.OCCO. The minimum Gasteiger partial charge on any atom is -0.394 e. The monoisotopic (exact) mass is 544 g/mol. The third kappa shape index (κ3) is 238. The summed E-state index contributed by atoms with van der Waals surface area (Å²) in [6.07, 6.45) is -1.01. The van der Waals surface area contributed by atoms with E-state index >= 15 is 0 Å². The molecule has 0 spiro atoms. The molecule has 0 saturated heterocycles. The van der Waals surface area contributed by atoms with E-state index in [1.807, 2.05) is 0 Å². The van der Waals surface area contributed by atoms with Gasteiger partial charge in [0.15, 0.2) is 6.29 Å². The van der Waals surface area contributed by atoms with Gasteiger partial charge < -0.3 is 76.2 Å². The number of aliphatic hydroxyl groups excluding tert-OH is 14. The number of hydrogen-bond acceptors (Lipinski definition) is 15. The fourth-order valence-corrected chi connectivity index (χ4v) is 0.0745. The van der Waals surface area contributed by atoms with Crippen molar-refractivity contribution in [2.75, 3.05) is 93.0 Å². The fraction of sp³-hybridized carbons (Fsp3) is 1.00. The number of rotatable bonds is 8. The summed E-state index contributed by atoms with van der Waals surface area (Å²) in [5, 5.41) is 108. The summed E-state index contributed by atoms with van der Waals surface area (Å²) in [4.78, 5) is 0. The van der Waals surface area contributed by atoms with E-state index < -0.39 is 6.29 Å². The second-order valence-electron chi connectivity index (χ2n) is 3.56. The maximum atomic E-state index is 8.19. The highest BCUT2D eigenvalue weighted by molar-refractivity contribution is 8.93. The summed E-state index contributed by atoms with van der Waals surface area (Å²) in [7, 11) is 1.32. The zero-order valence-electron chi connectivity index (χ0n) is 17.8. The van der Waals surface area contributed by atoms with Crippen LogP contribution in [-0.2, 0) is 4.74 Å². The van der Waals surface area contributed by atoms with E-state index in [1.165, 1.54) is 7.11 Å². The van der Waals surface area contributed by atoms with E-state index in [-0.39, 0.29) is 103 Å². The number of halogens is 1. The molecule has 1 unspecified atom stereocenters. The molecule has 0 aliphatic heterocycles. The van der Waals surface area contributed by atoms with Crippen molar-refractivity contribution in [3.05, 3.63) is 0 Å². The van der Waals surface area contributed by atoms with Crippen molar-refractivity contribution in [1.82, 2.24) is 0 Å².